The Morgan fingerprint density at radius 1 is 1.00 bits per heavy atom. The van der Waals surface area contributed by atoms with Gasteiger partial charge in [-0.05, 0) is 35.9 Å². The Morgan fingerprint density at radius 2 is 1.72 bits per heavy atom. The molecule has 2 aromatic carbocycles. The van der Waals surface area contributed by atoms with Crippen molar-refractivity contribution in [2.45, 2.75) is 6.61 Å². The maximum Gasteiger partial charge on any atom is 0.280 e. The standard InChI is InChI=1S/C19H18N4O2/c20-19(21)22-18(24)15-8-9-17(16(12-15)23-10-4-5-11-23)25-13-14-6-2-1-3-7-14/h1-12H,13H2,(H4,20,21,22,24). The minimum Gasteiger partial charge on any atom is -0.487 e. The van der Waals surface area contributed by atoms with Crippen molar-refractivity contribution in [3.05, 3.63) is 84.2 Å². The molecule has 6 nitrogen and oxygen atoms in total. The Balaban J connectivity index is 1.92. The van der Waals surface area contributed by atoms with Crippen LogP contribution in [0.2, 0.25) is 0 Å². The number of carbonyl (C=O) groups excluding carboxylic acids is 1. The number of nitrogens with two attached hydrogens (primary N) is 2. The summed E-state index contributed by atoms with van der Waals surface area (Å²) >= 11 is 0. The number of aliphatic imine (C=N–C) groups is 1. The number of carbonyl (C=O) groups is 1. The number of aromatic nitrogens is 1. The molecule has 1 aromatic heterocycles. The second-order valence-corrected chi connectivity index (χ2v) is 5.39. The fraction of sp³-hybridized carbons (Fsp3) is 0.0526. The summed E-state index contributed by atoms with van der Waals surface area (Å²) in [4.78, 5) is 15.6. The van der Waals surface area contributed by atoms with Crippen LogP contribution in [0, 0.1) is 0 Å². The first-order chi connectivity index (χ1) is 12.1. The molecule has 3 aromatic rings. The summed E-state index contributed by atoms with van der Waals surface area (Å²) < 4.78 is 7.81. The average Bonchev–Trinajstić information content (AvgIpc) is 3.14. The molecule has 0 bridgehead atoms. The van der Waals surface area contributed by atoms with E-state index in [1.165, 1.54) is 0 Å². The fourth-order valence-corrected chi connectivity index (χ4v) is 2.39. The van der Waals surface area contributed by atoms with Gasteiger partial charge < -0.3 is 20.8 Å². The molecule has 0 atom stereocenters. The van der Waals surface area contributed by atoms with Crippen LogP contribution in [0.3, 0.4) is 0 Å². The lowest BCUT2D eigenvalue weighted by Gasteiger charge is -2.13. The summed E-state index contributed by atoms with van der Waals surface area (Å²) in [7, 11) is 0. The molecule has 126 valence electrons. The molecule has 0 saturated heterocycles. The van der Waals surface area contributed by atoms with E-state index in [2.05, 4.69) is 4.99 Å². The minimum atomic E-state index is -0.497. The third kappa shape index (κ3) is 4.06. The van der Waals surface area contributed by atoms with Crippen LogP contribution in [-0.2, 0) is 6.61 Å². The lowest BCUT2D eigenvalue weighted by atomic mass is 10.1. The van der Waals surface area contributed by atoms with Gasteiger partial charge in [-0.3, -0.25) is 4.79 Å². The molecule has 3 rings (SSSR count). The van der Waals surface area contributed by atoms with E-state index in [1.54, 1.807) is 18.2 Å². The molecule has 0 saturated carbocycles. The van der Waals surface area contributed by atoms with E-state index in [1.807, 2.05) is 59.4 Å². The van der Waals surface area contributed by atoms with Crippen LogP contribution in [0.5, 0.6) is 5.75 Å². The number of hydrogen-bond donors (Lipinski definition) is 2. The van der Waals surface area contributed by atoms with Crippen molar-refractivity contribution in [1.29, 1.82) is 0 Å². The number of hydrogen-bond acceptors (Lipinski definition) is 2. The largest absolute Gasteiger partial charge is 0.487 e. The van der Waals surface area contributed by atoms with Crippen LogP contribution in [0.1, 0.15) is 15.9 Å². The Hall–Kier alpha value is -3.54. The predicted octanol–water partition coefficient (Wildman–Crippen LogP) is 2.47. The summed E-state index contributed by atoms with van der Waals surface area (Å²) in [6.45, 7) is 0.427. The van der Waals surface area contributed by atoms with Crippen molar-refractivity contribution >= 4 is 11.9 Å². The number of guanidine groups is 1. The lowest BCUT2D eigenvalue weighted by molar-refractivity contribution is 0.100. The highest BCUT2D eigenvalue weighted by molar-refractivity contribution is 6.02. The maximum absolute atomic E-state index is 12.1. The highest BCUT2D eigenvalue weighted by Gasteiger charge is 2.12. The zero-order valence-corrected chi connectivity index (χ0v) is 13.5. The first kappa shape index (κ1) is 16.3. The Morgan fingerprint density at radius 3 is 2.40 bits per heavy atom. The van der Waals surface area contributed by atoms with E-state index in [9.17, 15) is 4.79 Å². The van der Waals surface area contributed by atoms with Crippen LogP contribution in [-0.4, -0.2) is 16.4 Å². The van der Waals surface area contributed by atoms with Crippen LogP contribution in [0.4, 0.5) is 0 Å². The molecule has 0 spiro atoms. The average molecular weight is 334 g/mol. The van der Waals surface area contributed by atoms with Gasteiger partial charge in [0.15, 0.2) is 5.96 Å². The molecule has 0 radical (unpaired) electrons. The molecule has 0 aliphatic rings. The van der Waals surface area contributed by atoms with E-state index in [4.69, 9.17) is 16.2 Å². The van der Waals surface area contributed by atoms with E-state index in [0.29, 0.717) is 17.9 Å². The van der Waals surface area contributed by atoms with Gasteiger partial charge in [0.25, 0.3) is 5.91 Å². The number of ether oxygens (including phenoxy) is 1. The van der Waals surface area contributed by atoms with Gasteiger partial charge in [0.05, 0.1) is 5.69 Å². The third-order valence-electron chi connectivity index (χ3n) is 3.56. The first-order valence-corrected chi connectivity index (χ1v) is 7.71. The molecule has 6 heteroatoms. The fourth-order valence-electron chi connectivity index (χ4n) is 2.39. The van der Waals surface area contributed by atoms with E-state index in [0.717, 1.165) is 11.3 Å². The smallest absolute Gasteiger partial charge is 0.280 e. The normalized spacial score (nSPS) is 10.2. The van der Waals surface area contributed by atoms with Crippen molar-refractivity contribution < 1.29 is 9.53 Å². The van der Waals surface area contributed by atoms with Gasteiger partial charge in [-0.25, -0.2) is 0 Å². The van der Waals surface area contributed by atoms with Crippen LogP contribution in [0.15, 0.2) is 78.0 Å². The molecule has 0 fully saturated rings. The zero-order valence-electron chi connectivity index (χ0n) is 13.5. The first-order valence-electron chi connectivity index (χ1n) is 7.71. The number of benzene rings is 2. The predicted molar refractivity (Wildman–Crippen MR) is 96.7 cm³/mol. The number of amides is 1. The molecular weight excluding hydrogens is 316 g/mol. The Kier molecular flexibility index (Phi) is 4.80. The van der Waals surface area contributed by atoms with Crippen molar-refractivity contribution in [2.75, 3.05) is 0 Å². The van der Waals surface area contributed by atoms with Gasteiger partial charge in [-0.15, -0.1) is 0 Å². The lowest BCUT2D eigenvalue weighted by Crippen LogP contribution is -2.24. The Labute approximate surface area is 145 Å². The molecule has 1 heterocycles. The van der Waals surface area contributed by atoms with Crippen molar-refractivity contribution in [2.24, 2.45) is 16.5 Å². The quantitative estimate of drug-likeness (QED) is 0.553. The van der Waals surface area contributed by atoms with Crippen LogP contribution < -0.4 is 16.2 Å². The van der Waals surface area contributed by atoms with Gasteiger partial charge in [0.2, 0.25) is 0 Å². The van der Waals surface area contributed by atoms with Gasteiger partial charge in [-0.2, -0.15) is 4.99 Å². The second-order valence-electron chi connectivity index (χ2n) is 5.39. The summed E-state index contributed by atoms with van der Waals surface area (Å²) in [6.07, 6.45) is 3.75. The monoisotopic (exact) mass is 334 g/mol. The summed E-state index contributed by atoms with van der Waals surface area (Å²) in [6, 6.07) is 18.7. The van der Waals surface area contributed by atoms with E-state index < -0.39 is 5.91 Å². The topological polar surface area (TPSA) is 95.6 Å². The second kappa shape index (κ2) is 7.35. The van der Waals surface area contributed by atoms with Crippen molar-refractivity contribution in [3.63, 3.8) is 0 Å². The maximum atomic E-state index is 12.1. The molecule has 0 unspecified atom stereocenters. The van der Waals surface area contributed by atoms with Gasteiger partial charge in [0.1, 0.15) is 12.4 Å². The molecule has 4 N–H and O–H groups in total. The molecule has 1 amide bonds. The van der Waals surface area contributed by atoms with E-state index in [-0.39, 0.29) is 5.96 Å². The van der Waals surface area contributed by atoms with Crippen molar-refractivity contribution in [3.8, 4) is 11.4 Å². The number of rotatable bonds is 5. The Bertz CT molecular complexity index is 883. The summed E-state index contributed by atoms with van der Waals surface area (Å²) in [5.74, 6) is -0.110. The molecule has 0 aliphatic heterocycles. The molecule has 0 aliphatic carbocycles. The summed E-state index contributed by atoms with van der Waals surface area (Å²) in [5.41, 5.74) is 12.7. The zero-order chi connectivity index (χ0) is 17.6. The van der Waals surface area contributed by atoms with Crippen LogP contribution in [0.25, 0.3) is 5.69 Å². The van der Waals surface area contributed by atoms with Crippen molar-refractivity contribution in [1.82, 2.24) is 4.57 Å². The highest BCUT2D eigenvalue weighted by Crippen LogP contribution is 2.26. The highest BCUT2D eigenvalue weighted by atomic mass is 16.5. The van der Waals surface area contributed by atoms with Gasteiger partial charge in [0, 0.05) is 18.0 Å². The minimum absolute atomic E-state index is 0.267. The van der Waals surface area contributed by atoms with Crippen LogP contribution >= 0.6 is 0 Å². The molecular formula is C19H18N4O2. The summed E-state index contributed by atoms with van der Waals surface area (Å²) in [5, 5.41) is 0. The molecule has 25 heavy (non-hydrogen) atoms. The van der Waals surface area contributed by atoms with Gasteiger partial charge in [-0.1, -0.05) is 30.3 Å². The SMILES string of the molecule is NC(N)=NC(=O)c1ccc(OCc2ccccc2)c(-n2cccc2)c1. The van der Waals surface area contributed by atoms with Gasteiger partial charge >= 0.3 is 0 Å². The van der Waals surface area contributed by atoms with E-state index >= 15 is 0 Å². The third-order valence-corrected chi connectivity index (χ3v) is 3.56. The number of nitrogens with zero attached hydrogens (tertiary/aromatic N) is 2.